The molecule has 2 amide bonds. The summed E-state index contributed by atoms with van der Waals surface area (Å²) in [5, 5.41) is 4.54. The zero-order valence-electron chi connectivity index (χ0n) is 15.7. The van der Waals surface area contributed by atoms with Gasteiger partial charge in [-0.15, -0.1) is 0 Å². The van der Waals surface area contributed by atoms with Gasteiger partial charge in [0.2, 0.25) is 0 Å². The van der Waals surface area contributed by atoms with Gasteiger partial charge in [0.1, 0.15) is 10.6 Å². The molecule has 31 heavy (non-hydrogen) atoms. The van der Waals surface area contributed by atoms with E-state index in [2.05, 4.69) is 10.3 Å². The minimum absolute atomic E-state index is 0.0160. The number of carbonyl (C=O) groups excluding carboxylic acids is 2. The molecule has 1 saturated heterocycles. The number of halogens is 2. The van der Waals surface area contributed by atoms with Gasteiger partial charge in [0.05, 0.1) is 5.69 Å². The van der Waals surface area contributed by atoms with Gasteiger partial charge in [0, 0.05) is 21.1 Å². The van der Waals surface area contributed by atoms with Crippen LogP contribution in [0, 0.1) is 0 Å². The van der Waals surface area contributed by atoms with E-state index < -0.39 is 11.8 Å². The molecule has 0 bridgehead atoms. The molecule has 1 fully saturated rings. The van der Waals surface area contributed by atoms with Crippen LogP contribution in [0.15, 0.2) is 82.4 Å². The third-order valence-electron chi connectivity index (χ3n) is 4.29. The minimum Gasteiger partial charge on any atom is -0.298 e. The van der Waals surface area contributed by atoms with Gasteiger partial charge < -0.3 is 0 Å². The van der Waals surface area contributed by atoms with E-state index >= 15 is 0 Å². The summed E-state index contributed by atoms with van der Waals surface area (Å²) in [6, 6.07) is 17.7. The van der Waals surface area contributed by atoms with Crippen molar-refractivity contribution in [3.05, 3.63) is 88.0 Å². The summed E-state index contributed by atoms with van der Waals surface area (Å²) >= 11 is 18.5. The molecule has 1 aromatic heterocycles. The van der Waals surface area contributed by atoms with E-state index in [1.807, 2.05) is 30.3 Å². The lowest BCUT2D eigenvalue weighted by Gasteiger charge is -2.28. The average Bonchev–Trinajstić information content (AvgIpc) is 2.75. The number of nitrogens with one attached hydrogen (secondary N) is 1. The van der Waals surface area contributed by atoms with Crippen LogP contribution in [0.1, 0.15) is 5.56 Å². The number of rotatable bonds is 4. The van der Waals surface area contributed by atoms with Crippen molar-refractivity contribution in [3.8, 4) is 0 Å². The molecule has 1 aliphatic heterocycles. The second-order valence-electron chi connectivity index (χ2n) is 6.42. The van der Waals surface area contributed by atoms with Gasteiger partial charge >= 0.3 is 0 Å². The lowest BCUT2D eigenvalue weighted by molar-refractivity contribution is -0.122. The van der Waals surface area contributed by atoms with E-state index in [1.165, 1.54) is 22.7 Å². The van der Waals surface area contributed by atoms with E-state index in [0.717, 1.165) is 9.92 Å². The zero-order valence-corrected chi connectivity index (χ0v) is 18.9. The number of amides is 2. The van der Waals surface area contributed by atoms with Gasteiger partial charge in [-0.2, -0.15) is 0 Å². The fourth-order valence-corrected chi connectivity index (χ4v) is 4.10. The molecule has 1 aliphatic rings. The molecule has 1 N–H and O–H groups in total. The van der Waals surface area contributed by atoms with Crippen molar-refractivity contribution in [2.24, 2.45) is 0 Å². The fraction of sp³-hybridized carbons (Fsp3) is 0. The van der Waals surface area contributed by atoms with Gasteiger partial charge in [-0.25, -0.2) is 4.98 Å². The predicted octanol–water partition coefficient (Wildman–Crippen LogP) is 5.37. The second-order valence-corrected chi connectivity index (χ2v) is 8.77. The summed E-state index contributed by atoms with van der Waals surface area (Å²) in [5.41, 5.74) is 1.09. The number of carbonyl (C=O) groups is 2. The number of nitrogens with zero attached hydrogens (tertiary/aromatic N) is 2. The second kappa shape index (κ2) is 9.20. The maximum atomic E-state index is 13.0. The van der Waals surface area contributed by atoms with Crippen LogP contribution in [0.25, 0.3) is 6.08 Å². The van der Waals surface area contributed by atoms with Gasteiger partial charge in [-0.3, -0.25) is 19.8 Å². The highest BCUT2D eigenvalue weighted by Crippen LogP contribution is 2.28. The van der Waals surface area contributed by atoms with Crippen LogP contribution < -0.4 is 10.2 Å². The number of pyridine rings is 1. The predicted molar refractivity (Wildman–Crippen MR) is 127 cm³/mol. The molecule has 0 spiro atoms. The van der Waals surface area contributed by atoms with Gasteiger partial charge in [-0.1, -0.05) is 41.0 Å². The van der Waals surface area contributed by atoms with E-state index in [-0.39, 0.29) is 10.7 Å². The first-order chi connectivity index (χ1) is 14.9. The Labute approximate surface area is 198 Å². The Morgan fingerprint density at radius 2 is 1.58 bits per heavy atom. The molecule has 9 heteroatoms. The first kappa shape index (κ1) is 21.5. The topological polar surface area (TPSA) is 62.3 Å². The van der Waals surface area contributed by atoms with Crippen LogP contribution in [0.4, 0.5) is 5.69 Å². The van der Waals surface area contributed by atoms with Crippen molar-refractivity contribution in [1.29, 1.82) is 0 Å². The monoisotopic (exact) mass is 485 g/mol. The summed E-state index contributed by atoms with van der Waals surface area (Å²) in [6.07, 6.45) is 3.09. The molecule has 0 saturated carbocycles. The van der Waals surface area contributed by atoms with Crippen molar-refractivity contribution in [1.82, 2.24) is 10.3 Å². The normalized spacial score (nSPS) is 15.4. The highest BCUT2D eigenvalue weighted by molar-refractivity contribution is 7.99. The lowest BCUT2D eigenvalue weighted by atomic mass is 10.1. The number of hydrogen-bond acceptors (Lipinski definition) is 5. The Morgan fingerprint density at radius 1 is 0.935 bits per heavy atom. The van der Waals surface area contributed by atoms with Crippen LogP contribution in [-0.2, 0) is 9.59 Å². The fourth-order valence-electron chi connectivity index (χ4n) is 2.81. The number of aromatic nitrogens is 1. The van der Waals surface area contributed by atoms with Gasteiger partial charge in [0.25, 0.3) is 11.8 Å². The Morgan fingerprint density at radius 3 is 2.19 bits per heavy atom. The van der Waals surface area contributed by atoms with Crippen LogP contribution in [-0.4, -0.2) is 21.9 Å². The molecule has 2 heterocycles. The van der Waals surface area contributed by atoms with Crippen molar-refractivity contribution in [2.45, 2.75) is 9.92 Å². The Hall–Kier alpha value is -2.71. The molecular formula is C22H13Cl2N3O2S2. The van der Waals surface area contributed by atoms with Crippen molar-refractivity contribution >= 4 is 75.9 Å². The third-order valence-corrected chi connectivity index (χ3v) is 6.04. The summed E-state index contributed by atoms with van der Waals surface area (Å²) < 4.78 is 0. The van der Waals surface area contributed by atoms with E-state index in [0.29, 0.717) is 21.3 Å². The highest BCUT2D eigenvalue weighted by Gasteiger charge is 2.34. The zero-order chi connectivity index (χ0) is 22.0. The molecule has 0 unspecified atom stereocenters. The van der Waals surface area contributed by atoms with Crippen LogP contribution in [0.3, 0.4) is 0 Å². The molecule has 5 nitrogen and oxygen atoms in total. The molecule has 0 atom stereocenters. The summed E-state index contributed by atoms with van der Waals surface area (Å²) in [6.45, 7) is 0. The molecule has 4 rings (SSSR count). The number of thiocarbonyl (C=S) groups is 1. The van der Waals surface area contributed by atoms with Crippen LogP contribution in [0.2, 0.25) is 10.0 Å². The van der Waals surface area contributed by atoms with Crippen molar-refractivity contribution in [2.75, 3.05) is 4.90 Å². The maximum absolute atomic E-state index is 13.0. The molecule has 0 radical (unpaired) electrons. The Kier molecular flexibility index (Phi) is 6.38. The number of benzene rings is 2. The van der Waals surface area contributed by atoms with Gasteiger partial charge in [-0.05, 0) is 78.5 Å². The van der Waals surface area contributed by atoms with E-state index in [4.69, 9.17) is 35.4 Å². The Balaban J connectivity index is 1.57. The number of anilines is 1. The van der Waals surface area contributed by atoms with Crippen molar-refractivity contribution in [3.63, 3.8) is 0 Å². The lowest BCUT2D eigenvalue weighted by Crippen LogP contribution is -2.54. The SMILES string of the molecule is O=C1NC(=S)N(c2ccc(Cl)cc2)C(=O)C1=Cc1ccc(Sc2ccc(Cl)cc2)nc1. The molecule has 2 aromatic carbocycles. The first-order valence-corrected chi connectivity index (χ1v) is 11.0. The maximum Gasteiger partial charge on any atom is 0.270 e. The average molecular weight is 486 g/mol. The smallest absolute Gasteiger partial charge is 0.270 e. The standard InChI is InChI=1S/C22H13Cl2N3O2S2/c23-14-2-6-16(7-3-14)27-21(29)18(20(28)26-22(27)30)11-13-1-10-19(25-12-13)31-17-8-4-15(24)5-9-17/h1-12H,(H,26,28,30). The largest absolute Gasteiger partial charge is 0.298 e. The first-order valence-electron chi connectivity index (χ1n) is 8.97. The van der Waals surface area contributed by atoms with E-state index in [1.54, 1.807) is 36.5 Å². The number of hydrogen-bond donors (Lipinski definition) is 1. The van der Waals surface area contributed by atoms with Crippen LogP contribution >= 0.6 is 47.2 Å². The summed E-state index contributed by atoms with van der Waals surface area (Å²) in [4.78, 5) is 32.1. The van der Waals surface area contributed by atoms with Crippen LogP contribution in [0.5, 0.6) is 0 Å². The Bertz CT molecular complexity index is 1190. The molecular weight excluding hydrogens is 473 g/mol. The van der Waals surface area contributed by atoms with Crippen molar-refractivity contribution < 1.29 is 9.59 Å². The van der Waals surface area contributed by atoms with Gasteiger partial charge in [0.15, 0.2) is 5.11 Å². The summed E-state index contributed by atoms with van der Waals surface area (Å²) in [5.74, 6) is -1.07. The molecule has 3 aromatic rings. The van der Waals surface area contributed by atoms with E-state index in [9.17, 15) is 9.59 Å². The highest BCUT2D eigenvalue weighted by atomic mass is 35.5. The quantitative estimate of drug-likeness (QED) is 0.305. The summed E-state index contributed by atoms with van der Waals surface area (Å²) in [7, 11) is 0. The third kappa shape index (κ3) is 4.97. The molecule has 0 aliphatic carbocycles. The minimum atomic E-state index is -0.556. The molecule has 154 valence electrons.